The molecule has 4 heteroatoms. The predicted molar refractivity (Wildman–Crippen MR) is 137 cm³/mol. The van der Waals surface area contributed by atoms with Crippen molar-refractivity contribution in [3.63, 3.8) is 0 Å². The van der Waals surface area contributed by atoms with Crippen LogP contribution in [0.5, 0.6) is 0 Å². The van der Waals surface area contributed by atoms with Crippen molar-refractivity contribution in [2.24, 2.45) is 0 Å². The minimum Gasteiger partial charge on any atom is -0.289 e. The van der Waals surface area contributed by atoms with Crippen LogP contribution in [-0.2, 0) is 9.98 Å². The van der Waals surface area contributed by atoms with Gasteiger partial charge in [-0.05, 0) is 62.3 Å². The van der Waals surface area contributed by atoms with Crippen LogP contribution in [0.15, 0.2) is 48.5 Å². The van der Waals surface area contributed by atoms with Gasteiger partial charge in [-0.25, -0.2) is 4.79 Å². The van der Waals surface area contributed by atoms with Gasteiger partial charge in [-0.2, -0.15) is 0 Å². The van der Waals surface area contributed by atoms with Crippen molar-refractivity contribution in [3.8, 4) is 0 Å². The van der Waals surface area contributed by atoms with Crippen molar-refractivity contribution in [2.75, 3.05) is 0 Å². The van der Waals surface area contributed by atoms with E-state index in [2.05, 4.69) is 20.8 Å². The van der Waals surface area contributed by atoms with E-state index in [4.69, 9.17) is 0 Å². The minimum atomic E-state index is -2.39. The second-order valence-electron chi connectivity index (χ2n) is 9.89. The zero-order valence-corrected chi connectivity index (χ0v) is 21.7. The van der Waals surface area contributed by atoms with Crippen molar-refractivity contribution in [1.82, 2.24) is 0 Å². The summed E-state index contributed by atoms with van der Waals surface area (Å²) < 4.78 is 13.7. The Labute approximate surface area is 198 Å². The molecule has 0 aliphatic carbocycles. The van der Waals surface area contributed by atoms with Gasteiger partial charge in [0.15, 0.2) is 5.78 Å². The van der Waals surface area contributed by atoms with Crippen LogP contribution in [-0.4, -0.2) is 11.3 Å². The highest BCUT2D eigenvalue weighted by atomic mass is 31.1. The first-order chi connectivity index (χ1) is 15.3. The van der Waals surface area contributed by atoms with Crippen molar-refractivity contribution >= 4 is 24.4 Å². The van der Waals surface area contributed by atoms with E-state index in [1.54, 1.807) is 19.1 Å². The summed E-state index contributed by atoms with van der Waals surface area (Å²) in [6, 6.07) is 15.0. The van der Waals surface area contributed by atoms with Gasteiger partial charge in [0, 0.05) is 22.3 Å². The highest BCUT2D eigenvalue weighted by Crippen LogP contribution is 2.36. The number of hydrogen-bond donors (Lipinski definition) is 0. The summed E-state index contributed by atoms with van der Waals surface area (Å²) in [5.41, 5.74) is 6.20. The lowest BCUT2D eigenvalue weighted by atomic mass is 9.84. The minimum absolute atomic E-state index is 0.0455. The maximum Gasteiger partial charge on any atom is 0.459 e. The predicted octanol–water partition coefficient (Wildman–Crippen LogP) is 7.05. The van der Waals surface area contributed by atoms with E-state index < -0.39 is 7.80 Å². The summed E-state index contributed by atoms with van der Waals surface area (Å²) in [5.74, 6) is -0.121. The Hall–Kier alpha value is -2.90. The number of hydrogen-bond acceptors (Lipinski definition) is 3. The molecule has 33 heavy (non-hydrogen) atoms. The fourth-order valence-corrected chi connectivity index (χ4v) is 6.07. The van der Waals surface area contributed by atoms with Gasteiger partial charge in [-0.1, -0.05) is 73.9 Å². The molecule has 0 aromatic heterocycles. The smallest absolute Gasteiger partial charge is 0.289 e. The molecule has 170 valence electrons. The molecule has 0 spiro atoms. The molecule has 0 aliphatic heterocycles. The molecule has 3 nitrogen and oxygen atoms in total. The Morgan fingerprint density at radius 3 is 1.76 bits per heavy atom. The zero-order valence-electron chi connectivity index (χ0n) is 20.8. The first-order valence-corrected chi connectivity index (χ1v) is 12.4. The van der Waals surface area contributed by atoms with Gasteiger partial charge in [-0.3, -0.25) is 4.79 Å². The Bertz CT molecular complexity index is 1260. The summed E-state index contributed by atoms with van der Waals surface area (Å²) in [7, 11) is -2.39. The maximum absolute atomic E-state index is 13.7. The van der Waals surface area contributed by atoms with Crippen molar-refractivity contribution in [3.05, 3.63) is 98.6 Å². The number of rotatable bonds is 5. The molecular weight excluding hydrogens is 427 g/mol. The molecule has 0 amide bonds. The van der Waals surface area contributed by atoms with Crippen LogP contribution in [0.4, 0.5) is 0 Å². The van der Waals surface area contributed by atoms with Crippen LogP contribution < -0.4 is 5.30 Å². The second kappa shape index (κ2) is 9.15. The molecule has 0 radical (unpaired) electrons. The van der Waals surface area contributed by atoms with Gasteiger partial charge < -0.3 is 0 Å². The van der Waals surface area contributed by atoms with E-state index in [1.807, 2.05) is 64.1 Å². The van der Waals surface area contributed by atoms with E-state index >= 15 is 0 Å². The molecule has 0 saturated carbocycles. The Kier molecular flexibility index (Phi) is 6.86. The Balaban J connectivity index is 2.12. The molecule has 0 saturated heterocycles. The number of ketones is 1. The molecule has 3 aromatic carbocycles. The second-order valence-corrected chi connectivity index (χ2v) is 11.3. The summed E-state index contributed by atoms with van der Waals surface area (Å²) in [6.45, 7) is 15.7. The lowest BCUT2D eigenvalue weighted by Gasteiger charge is -2.21. The van der Waals surface area contributed by atoms with Crippen LogP contribution in [0.25, 0.3) is 0 Å². The van der Waals surface area contributed by atoms with Gasteiger partial charge in [0.25, 0.3) is 0 Å². The van der Waals surface area contributed by atoms with Gasteiger partial charge in [0.1, 0.15) is 0 Å². The van der Waals surface area contributed by atoms with E-state index in [1.165, 1.54) is 0 Å². The monoisotopic (exact) mass is 459 g/mol. The number of benzene rings is 3. The van der Waals surface area contributed by atoms with E-state index in [-0.39, 0.29) is 16.7 Å². The molecule has 3 rings (SSSR count). The van der Waals surface area contributed by atoms with Crippen LogP contribution in [0.1, 0.15) is 80.4 Å². The first kappa shape index (κ1) is 24.7. The van der Waals surface area contributed by atoms with Gasteiger partial charge in [0.05, 0.1) is 5.56 Å². The van der Waals surface area contributed by atoms with Crippen LogP contribution in [0.3, 0.4) is 0 Å². The molecule has 1 unspecified atom stereocenters. The number of aryl methyl sites for hydroxylation is 4. The topological polar surface area (TPSA) is 51.2 Å². The first-order valence-electron chi connectivity index (χ1n) is 11.2. The molecule has 0 bridgehead atoms. The van der Waals surface area contributed by atoms with E-state index in [0.29, 0.717) is 27.6 Å². The molecule has 0 heterocycles. The van der Waals surface area contributed by atoms with Crippen molar-refractivity contribution in [1.29, 1.82) is 0 Å². The lowest BCUT2D eigenvalue weighted by molar-refractivity contribution is 0.103. The quantitative estimate of drug-likeness (QED) is 0.303. The normalized spacial score (nSPS) is 11.9. The summed E-state index contributed by atoms with van der Waals surface area (Å²) in [4.78, 5) is 26.8. The average Bonchev–Trinajstić information content (AvgIpc) is 2.72. The largest absolute Gasteiger partial charge is 0.459 e. The number of carbonyl (C=O) groups is 2. The van der Waals surface area contributed by atoms with Gasteiger partial charge in [-0.15, -0.1) is 0 Å². The summed E-state index contributed by atoms with van der Waals surface area (Å²) in [5, 5.41) is 0.471. The average molecular weight is 460 g/mol. The van der Waals surface area contributed by atoms with Crippen molar-refractivity contribution < 1.29 is 14.2 Å². The van der Waals surface area contributed by atoms with Gasteiger partial charge in [0.2, 0.25) is 5.30 Å². The molecule has 3 aromatic rings. The molecular formula is C29H32O3P+. The fraction of sp³-hybridized carbons (Fsp3) is 0.310. The zero-order chi connectivity index (χ0) is 24.7. The summed E-state index contributed by atoms with van der Waals surface area (Å²) >= 11 is 0. The standard InChI is InChI=1S/C29H32O3P/c1-17-14-20(4)27(21(5)25(17)26(30)22-12-10-9-11-13-22)33(32)28(31)24-18(2)15-23(16-19(24)3)29(6,7)8/h9-16H,1-8H3/q+1. The van der Waals surface area contributed by atoms with E-state index in [9.17, 15) is 14.2 Å². The third kappa shape index (κ3) is 4.75. The SMILES string of the molecule is Cc1cc(C(C)(C)C)cc(C)c1C(=O)[P+](=O)c1c(C)cc(C)c(C(=O)c2ccccc2)c1C. The Morgan fingerprint density at radius 1 is 0.727 bits per heavy atom. The number of carbonyl (C=O) groups excluding carboxylic acids is 2. The Morgan fingerprint density at radius 2 is 1.24 bits per heavy atom. The van der Waals surface area contributed by atoms with Crippen LogP contribution in [0, 0.1) is 34.6 Å². The highest BCUT2D eigenvalue weighted by Gasteiger charge is 2.39. The lowest BCUT2D eigenvalue weighted by Crippen LogP contribution is -2.19. The maximum atomic E-state index is 13.7. The molecule has 1 atom stereocenters. The highest BCUT2D eigenvalue weighted by molar-refractivity contribution is 7.71. The van der Waals surface area contributed by atoms with Crippen molar-refractivity contribution in [2.45, 2.75) is 60.8 Å². The van der Waals surface area contributed by atoms with Crippen LogP contribution in [0.2, 0.25) is 0 Å². The fourth-order valence-electron chi connectivity index (χ4n) is 4.51. The van der Waals surface area contributed by atoms with E-state index in [0.717, 1.165) is 27.8 Å². The third-order valence-electron chi connectivity index (χ3n) is 6.19. The molecule has 0 fully saturated rings. The van der Waals surface area contributed by atoms with Gasteiger partial charge >= 0.3 is 13.3 Å². The third-order valence-corrected chi connectivity index (χ3v) is 7.88. The molecule has 0 aliphatic rings. The molecule has 0 N–H and O–H groups in total. The van der Waals surface area contributed by atoms with Crippen LogP contribution >= 0.6 is 7.80 Å². The summed E-state index contributed by atoms with van der Waals surface area (Å²) in [6.07, 6.45) is 0.